The van der Waals surface area contributed by atoms with Gasteiger partial charge in [-0.25, -0.2) is 0 Å². The van der Waals surface area contributed by atoms with Crippen LogP contribution in [0.2, 0.25) is 0 Å². The number of aryl methyl sites for hydroxylation is 1. The maximum absolute atomic E-state index is 12.1. The van der Waals surface area contributed by atoms with Crippen LogP contribution in [0.15, 0.2) is 12.1 Å². The standard InChI is InChI=1S/C10H11FN2O/c11-2-1-6-4-9-7(3-8(6)12)5-10(14)13-9/h3-4H,1-2,5,12H2,(H,13,14). The van der Waals surface area contributed by atoms with Gasteiger partial charge in [0.2, 0.25) is 5.91 Å². The summed E-state index contributed by atoms with van der Waals surface area (Å²) in [7, 11) is 0. The zero-order chi connectivity index (χ0) is 10.1. The Hall–Kier alpha value is -1.58. The number of amides is 1. The number of fused-ring (bicyclic) bond motifs is 1. The number of anilines is 2. The number of rotatable bonds is 2. The highest BCUT2D eigenvalue weighted by molar-refractivity contribution is 5.99. The molecule has 0 unspecified atom stereocenters. The third-order valence-corrected chi connectivity index (χ3v) is 2.35. The Kier molecular flexibility index (Phi) is 2.11. The Balaban J connectivity index is 2.39. The largest absolute Gasteiger partial charge is 0.398 e. The van der Waals surface area contributed by atoms with E-state index in [1.807, 2.05) is 0 Å². The Bertz CT molecular complexity index is 390. The monoisotopic (exact) mass is 194 g/mol. The Morgan fingerprint density at radius 2 is 2.29 bits per heavy atom. The first-order valence-corrected chi connectivity index (χ1v) is 4.48. The average Bonchev–Trinajstić information content (AvgIpc) is 2.45. The average molecular weight is 194 g/mol. The number of nitrogens with one attached hydrogen (secondary N) is 1. The zero-order valence-electron chi connectivity index (χ0n) is 7.64. The fraction of sp³-hybridized carbons (Fsp3) is 0.300. The number of benzene rings is 1. The second kappa shape index (κ2) is 3.29. The Labute approximate surface area is 81.1 Å². The van der Waals surface area contributed by atoms with E-state index in [2.05, 4.69) is 5.32 Å². The fourth-order valence-electron chi connectivity index (χ4n) is 1.66. The minimum absolute atomic E-state index is 0.0307. The molecule has 0 aliphatic carbocycles. The van der Waals surface area contributed by atoms with Crippen LogP contribution in [0.1, 0.15) is 11.1 Å². The number of carbonyl (C=O) groups excluding carboxylic acids is 1. The molecular formula is C10H11FN2O. The summed E-state index contributed by atoms with van der Waals surface area (Å²) in [6.07, 6.45) is 0.671. The van der Waals surface area contributed by atoms with Crippen LogP contribution in [0.25, 0.3) is 0 Å². The second-order valence-corrected chi connectivity index (χ2v) is 3.37. The maximum atomic E-state index is 12.1. The number of carbonyl (C=O) groups is 1. The zero-order valence-corrected chi connectivity index (χ0v) is 7.64. The molecule has 2 rings (SSSR count). The number of nitrogen functional groups attached to an aromatic ring is 1. The lowest BCUT2D eigenvalue weighted by Gasteiger charge is -2.06. The number of alkyl halides is 1. The number of nitrogens with two attached hydrogens (primary N) is 1. The van der Waals surface area contributed by atoms with E-state index in [-0.39, 0.29) is 5.91 Å². The second-order valence-electron chi connectivity index (χ2n) is 3.37. The van der Waals surface area contributed by atoms with Crippen LogP contribution in [-0.2, 0) is 17.6 Å². The summed E-state index contributed by atoms with van der Waals surface area (Å²) in [5, 5.41) is 2.71. The van der Waals surface area contributed by atoms with Crippen LogP contribution >= 0.6 is 0 Å². The van der Waals surface area contributed by atoms with Crippen molar-refractivity contribution >= 4 is 17.3 Å². The SMILES string of the molecule is Nc1cc2c(cc1CCF)NC(=O)C2. The summed E-state index contributed by atoms with van der Waals surface area (Å²) >= 11 is 0. The predicted molar refractivity (Wildman–Crippen MR) is 52.9 cm³/mol. The molecule has 0 radical (unpaired) electrons. The third-order valence-electron chi connectivity index (χ3n) is 2.35. The maximum Gasteiger partial charge on any atom is 0.228 e. The van der Waals surface area contributed by atoms with Gasteiger partial charge in [0.05, 0.1) is 13.1 Å². The van der Waals surface area contributed by atoms with Crippen LogP contribution in [-0.4, -0.2) is 12.6 Å². The molecule has 1 amide bonds. The van der Waals surface area contributed by atoms with Gasteiger partial charge in [0.15, 0.2) is 0 Å². The minimum atomic E-state index is -0.434. The van der Waals surface area contributed by atoms with Crippen molar-refractivity contribution in [2.75, 3.05) is 17.7 Å². The molecule has 1 aromatic rings. The summed E-state index contributed by atoms with van der Waals surface area (Å²) in [6.45, 7) is -0.434. The van der Waals surface area contributed by atoms with Gasteiger partial charge < -0.3 is 11.1 Å². The van der Waals surface area contributed by atoms with Gasteiger partial charge in [0.1, 0.15) is 0 Å². The van der Waals surface area contributed by atoms with E-state index in [0.717, 1.165) is 16.8 Å². The molecule has 0 spiro atoms. The van der Waals surface area contributed by atoms with E-state index in [1.165, 1.54) is 0 Å². The molecule has 4 heteroatoms. The molecule has 0 bridgehead atoms. The number of halogens is 1. The van der Waals surface area contributed by atoms with Crippen LogP contribution in [0.5, 0.6) is 0 Å². The molecule has 0 saturated carbocycles. The molecule has 0 fully saturated rings. The molecule has 1 heterocycles. The van der Waals surface area contributed by atoms with E-state index in [1.54, 1.807) is 12.1 Å². The predicted octanol–water partition coefficient (Wildman–Crippen LogP) is 1.28. The van der Waals surface area contributed by atoms with Gasteiger partial charge >= 0.3 is 0 Å². The normalized spacial score (nSPS) is 13.9. The van der Waals surface area contributed by atoms with Crippen LogP contribution < -0.4 is 11.1 Å². The summed E-state index contributed by atoms with van der Waals surface area (Å²) in [5.41, 5.74) is 8.71. The van der Waals surface area contributed by atoms with Crippen molar-refractivity contribution in [3.05, 3.63) is 23.3 Å². The first-order valence-electron chi connectivity index (χ1n) is 4.48. The third kappa shape index (κ3) is 1.43. The topological polar surface area (TPSA) is 55.1 Å². The molecule has 0 aromatic heterocycles. The molecular weight excluding hydrogens is 183 g/mol. The fourth-order valence-corrected chi connectivity index (χ4v) is 1.66. The van der Waals surface area contributed by atoms with Crippen molar-refractivity contribution in [3.8, 4) is 0 Å². The highest BCUT2D eigenvalue weighted by atomic mass is 19.1. The summed E-state index contributed by atoms with van der Waals surface area (Å²) in [4.78, 5) is 11.1. The smallest absolute Gasteiger partial charge is 0.228 e. The molecule has 74 valence electrons. The van der Waals surface area contributed by atoms with Gasteiger partial charge in [-0.15, -0.1) is 0 Å². The molecule has 0 atom stereocenters. The number of hydrogen-bond donors (Lipinski definition) is 2. The lowest BCUT2D eigenvalue weighted by molar-refractivity contribution is -0.115. The van der Waals surface area contributed by atoms with Gasteiger partial charge in [-0.05, 0) is 23.3 Å². The van der Waals surface area contributed by atoms with Crippen LogP contribution in [0, 0.1) is 0 Å². The van der Waals surface area contributed by atoms with Crippen molar-refractivity contribution in [2.24, 2.45) is 0 Å². The molecule has 1 aliphatic rings. The number of hydrogen-bond acceptors (Lipinski definition) is 2. The van der Waals surface area contributed by atoms with E-state index in [9.17, 15) is 9.18 Å². The molecule has 3 nitrogen and oxygen atoms in total. The Morgan fingerprint density at radius 1 is 1.50 bits per heavy atom. The summed E-state index contributed by atoms with van der Waals surface area (Å²) < 4.78 is 12.1. The molecule has 14 heavy (non-hydrogen) atoms. The molecule has 3 N–H and O–H groups in total. The lowest BCUT2D eigenvalue weighted by Crippen LogP contribution is -2.03. The first-order chi connectivity index (χ1) is 6.70. The highest BCUT2D eigenvalue weighted by Crippen LogP contribution is 2.28. The van der Waals surface area contributed by atoms with Crippen molar-refractivity contribution in [1.82, 2.24) is 0 Å². The van der Waals surface area contributed by atoms with Gasteiger partial charge in [-0.2, -0.15) is 0 Å². The summed E-state index contributed by atoms with van der Waals surface area (Å²) in [6, 6.07) is 3.51. The van der Waals surface area contributed by atoms with Gasteiger partial charge in [-0.1, -0.05) is 0 Å². The van der Waals surface area contributed by atoms with Crippen molar-refractivity contribution < 1.29 is 9.18 Å². The van der Waals surface area contributed by atoms with Crippen LogP contribution in [0.4, 0.5) is 15.8 Å². The van der Waals surface area contributed by atoms with Crippen molar-refractivity contribution in [2.45, 2.75) is 12.8 Å². The molecule has 1 aromatic carbocycles. The minimum Gasteiger partial charge on any atom is -0.398 e. The van der Waals surface area contributed by atoms with Crippen LogP contribution in [0.3, 0.4) is 0 Å². The Morgan fingerprint density at radius 3 is 3.00 bits per heavy atom. The van der Waals surface area contributed by atoms with Gasteiger partial charge in [-0.3, -0.25) is 9.18 Å². The highest BCUT2D eigenvalue weighted by Gasteiger charge is 2.18. The quantitative estimate of drug-likeness (QED) is 0.697. The molecule has 1 aliphatic heterocycles. The van der Waals surface area contributed by atoms with Gasteiger partial charge in [0.25, 0.3) is 0 Å². The van der Waals surface area contributed by atoms with Gasteiger partial charge in [0, 0.05) is 17.8 Å². The molecule has 0 saturated heterocycles. The lowest BCUT2D eigenvalue weighted by atomic mass is 10.0. The van der Waals surface area contributed by atoms with E-state index in [0.29, 0.717) is 18.5 Å². The van der Waals surface area contributed by atoms with Crippen molar-refractivity contribution in [3.63, 3.8) is 0 Å². The van der Waals surface area contributed by atoms with E-state index >= 15 is 0 Å². The van der Waals surface area contributed by atoms with E-state index in [4.69, 9.17) is 5.73 Å². The first kappa shape index (κ1) is 8.99. The van der Waals surface area contributed by atoms with E-state index < -0.39 is 6.67 Å². The van der Waals surface area contributed by atoms with Crippen molar-refractivity contribution in [1.29, 1.82) is 0 Å². The summed E-state index contributed by atoms with van der Waals surface area (Å²) in [5.74, 6) is -0.0307.